The van der Waals surface area contributed by atoms with Gasteiger partial charge in [-0.05, 0) is 74.0 Å². The zero-order chi connectivity index (χ0) is 22.1. The zero-order valence-corrected chi connectivity index (χ0v) is 20.7. The van der Waals surface area contributed by atoms with Gasteiger partial charge in [-0.3, -0.25) is 0 Å². The summed E-state index contributed by atoms with van der Waals surface area (Å²) in [6, 6.07) is 2.69. The first kappa shape index (κ1) is 25.1. The molecule has 0 N–H and O–H groups in total. The fourth-order valence-corrected chi connectivity index (χ4v) is 7.46. The Bertz CT molecular complexity index is 515. The Morgan fingerprint density at radius 2 is 1.06 bits per heavy atom. The lowest BCUT2D eigenvalue weighted by atomic mass is 9.69. The summed E-state index contributed by atoms with van der Waals surface area (Å²) in [6.45, 7) is 4.58. The smallest absolute Gasteiger partial charge is 0.103 e. The van der Waals surface area contributed by atoms with Gasteiger partial charge in [-0.15, -0.1) is 0 Å². The predicted octanol–water partition coefficient (Wildman–Crippen LogP) is 9.26. The minimum atomic E-state index is -0.575. The molecule has 0 aromatic heterocycles. The van der Waals surface area contributed by atoms with E-state index in [4.69, 9.17) is 0 Å². The van der Waals surface area contributed by atoms with Crippen LogP contribution in [0.1, 0.15) is 129 Å². The average molecular weight is 432 g/mol. The molecule has 0 saturated heterocycles. The van der Waals surface area contributed by atoms with Gasteiger partial charge in [0.05, 0.1) is 6.07 Å². The van der Waals surface area contributed by atoms with Gasteiger partial charge in [0.25, 0.3) is 0 Å². The first-order valence-electron chi connectivity index (χ1n) is 14.2. The Morgan fingerprint density at radius 3 is 1.58 bits per heavy atom. The molecule has 2 atom stereocenters. The summed E-state index contributed by atoms with van der Waals surface area (Å²) in [7, 11) is 0. The number of hydrogen-bond donors (Lipinski definition) is 0. The molecule has 2 unspecified atom stereocenters. The van der Waals surface area contributed by atoms with Gasteiger partial charge in [0.2, 0.25) is 0 Å². The van der Waals surface area contributed by atoms with E-state index in [1.807, 2.05) is 0 Å². The van der Waals surface area contributed by atoms with Gasteiger partial charge in [-0.2, -0.15) is 5.26 Å². The molecule has 0 spiro atoms. The van der Waals surface area contributed by atoms with Crippen molar-refractivity contribution in [1.29, 1.82) is 5.26 Å². The Balaban J connectivity index is 1.35. The standard InChI is InChI=1S/C29H50FN/c1-3-5-22-7-9-25(10-8-22)20-29(30)27-17-13-24(14-18-27)19-28(21-31)26-15-11-23(6-4-2)12-16-26/h22-29H,3-20H2,1-2H3/t22-,23-,24?,25-,26-,27?,28?,29?. The molecule has 3 fully saturated rings. The van der Waals surface area contributed by atoms with Gasteiger partial charge >= 0.3 is 0 Å². The summed E-state index contributed by atoms with van der Waals surface area (Å²) < 4.78 is 15.1. The summed E-state index contributed by atoms with van der Waals surface area (Å²) in [6.07, 6.45) is 21.6. The maximum absolute atomic E-state index is 15.1. The van der Waals surface area contributed by atoms with Crippen molar-refractivity contribution in [2.45, 2.75) is 136 Å². The third kappa shape index (κ3) is 7.75. The van der Waals surface area contributed by atoms with Gasteiger partial charge in [0.15, 0.2) is 0 Å². The normalized spacial score (nSPS) is 36.5. The SMILES string of the molecule is CCC[C@H]1CC[C@H](CC(F)C2CCC(CC(C#N)[C@H]3CC[C@H](CCC)CC3)CC2)CC1. The third-order valence-corrected chi connectivity index (χ3v) is 9.54. The van der Waals surface area contributed by atoms with E-state index in [0.29, 0.717) is 23.7 Å². The molecule has 1 nitrogen and oxygen atoms in total. The molecule has 3 rings (SSSR count). The van der Waals surface area contributed by atoms with E-state index in [1.165, 1.54) is 77.0 Å². The van der Waals surface area contributed by atoms with Crippen molar-refractivity contribution in [3.63, 3.8) is 0 Å². The minimum Gasteiger partial charge on any atom is -0.247 e. The number of halogens is 1. The van der Waals surface area contributed by atoms with Gasteiger partial charge in [-0.25, -0.2) is 4.39 Å². The van der Waals surface area contributed by atoms with Crippen molar-refractivity contribution in [2.75, 3.05) is 0 Å². The van der Waals surface area contributed by atoms with E-state index in [9.17, 15) is 5.26 Å². The molecule has 31 heavy (non-hydrogen) atoms. The first-order valence-corrected chi connectivity index (χ1v) is 14.2. The number of alkyl halides is 1. The van der Waals surface area contributed by atoms with Crippen LogP contribution in [0.4, 0.5) is 4.39 Å². The summed E-state index contributed by atoms with van der Waals surface area (Å²) in [5, 5.41) is 9.84. The van der Waals surface area contributed by atoms with Crippen molar-refractivity contribution >= 4 is 0 Å². The van der Waals surface area contributed by atoms with Gasteiger partial charge in [0, 0.05) is 5.92 Å². The lowest BCUT2D eigenvalue weighted by Crippen LogP contribution is -2.28. The molecule has 0 bridgehead atoms. The largest absolute Gasteiger partial charge is 0.247 e. The summed E-state index contributed by atoms with van der Waals surface area (Å²) in [5.74, 6) is 4.34. The second kappa shape index (κ2) is 13.2. The van der Waals surface area contributed by atoms with E-state index < -0.39 is 6.17 Å². The first-order chi connectivity index (χ1) is 15.1. The summed E-state index contributed by atoms with van der Waals surface area (Å²) >= 11 is 0. The van der Waals surface area contributed by atoms with Gasteiger partial charge in [0.1, 0.15) is 6.17 Å². The average Bonchev–Trinajstić information content (AvgIpc) is 2.80. The number of rotatable bonds is 10. The maximum atomic E-state index is 15.1. The highest BCUT2D eigenvalue weighted by Crippen LogP contribution is 2.42. The van der Waals surface area contributed by atoms with Gasteiger partial charge in [-0.1, -0.05) is 90.9 Å². The van der Waals surface area contributed by atoms with Crippen molar-refractivity contribution in [1.82, 2.24) is 0 Å². The fraction of sp³-hybridized carbons (Fsp3) is 0.966. The Kier molecular flexibility index (Phi) is 10.7. The highest BCUT2D eigenvalue weighted by atomic mass is 19.1. The van der Waals surface area contributed by atoms with Crippen LogP contribution in [0.3, 0.4) is 0 Å². The van der Waals surface area contributed by atoms with E-state index in [0.717, 1.165) is 50.4 Å². The number of nitrogens with zero attached hydrogens (tertiary/aromatic N) is 1. The molecular weight excluding hydrogens is 381 g/mol. The molecule has 3 saturated carbocycles. The molecule has 0 aromatic carbocycles. The van der Waals surface area contributed by atoms with Crippen molar-refractivity contribution < 1.29 is 4.39 Å². The fourth-order valence-electron chi connectivity index (χ4n) is 7.46. The van der Waals surface area contributed by atoms with Crippen LogP contribution >= 0.6 is 0 Å². The number of nitriles is 1. The van der Waals surface area contributed by atoms with Crippen molar-refractivity contribution in [3.05, 3.63) is 0 Å². The van der Waals surface area contributed by atoms with Crippen LogP contribution in [0.5, 0.6) is 0 Å². The maximum Gasteiger partial charge on any atom is 0.103 e. The lowest BCUT2D eigenvalue weighted by Gasteiger charge is -2.36. The van der Waals surface area contributed by atoms with Crippen LogP contribution in [0, 0.1) is 52.8 Å². The molecule has 0 radical (unpaired) electrons. The van der Waals surface area contributed by atoms with Crippen LogP contribution in [0.2, 0.25) is 0 Å². The monoisotopic (exact) mass is 431 g/mol. The topological polar surface area (TPSA) is 23.8 Å². The summed E-state index contributed by atoms with van der Waals surface area (Å²) in [5.41, 5.74) is 0. The molecule has 0 aromatic rings. The van der Waals surface area contributed by atoms with Crippen LogP contribution < -0.4 is 0 Å². The molecule has 2 heteroatoms. The van der Waals surface area contributed by atoms with Crippen molar-refractivity contribution in [2.24, 2.45) is 41.4 Å². The van der Waals surface area contributed by atoms with E-state index in [-0.39, 0.29) is 5.92 Å². The molecule has 0 heterocycles. The quantitative estimate of drug-likeness (QED) is 0.338. The molecule has 0 aliphatic heterocycles. The Morgan fingerprint density at radius 1 is 0.645 bits per heavy atom. The molecule has 3 aliphatic rings. The Labute approximate surface area is 192 Å². The number of hydrogen-bond acceptors (Lipinski definition) is 1. The molecule has 3 aliphatic carbocycles. The van der Waals surface area contributed by atoms with Crippen LogP contribution in [-0.2, 0) is 0 Å². The zero-order valence-electron chi connectivity index (χ0n) is 20.7. The minimum absolute atomic E-state index is 0.253. The highest BCUT2D eigenvalue weighted by Gasteiger charge is 2.34. The lowest BCUT2D eigenvalue weighted by molar-refractivity contribution is 0.107. The highest BCUT2D eigenvalue weighted by molar-refractivity contribution is 4.93. The van der Waals surface area contributed by atoms with Crippen molar-refractivity contribution in [3.8, 4) is 6.07 Å². The molecule has 178 valence electrons. The van der Waals surface area contributed by atoms with E-state index >= 15 is 4.39 Å². The second-order valence-electron chi connectivity index (χ2n) is 11.7. The van der Waals surface area contributed by atoms with Crippen LogP contribution in [-0.4, -0.2) is 6.17 Å². The summed E-state index contributed by atoms with van der Waals surface area (Å²) in [4.78, 5) is 0. The third-order valence-electron chi connectivity index (χ3n) is 9.54. The van der Waals surface area contributed by atoms with E-state index in [1.54, 1.807) is 0 Å². The second-order valence-corrected chi connectivity index (χ2v) is 11.7. The molecule has 0 amide bonds. The Hall–Kier alpha value is -0.580. The van der Waals surface area contributed by atoms with Crippen LogP contribution in [0.25, 0.3) is 0 Å². The van der Waals surface area contributed by atoms with E-state index in [2.05, 4.69) is 19.9 Å². The predicted molar refractivity (Wildman–Crippen MR) is 129 cm³/mol. The van der Waals surface area contributed by atoms with Crippen LogP contribution in [0.15, 0.2) is 0 Å². The van der Waals surface area contributed by atoms with Gasteiger partial charge < -0.3 is 0 Å². The molecular formula is C29H50FN.